The zero-order valence-corrected chi connectivity index (χ0v) is 7.21. The molecule has 2 heteroatoms. The van der Waals surface area contributed by atoms with Crippen LogP contribution >= 0.6 is 0 Å². The normalized spacial score (nSPS) is 21.9. The zero-order chi connectivity index (χ0) is 8.27. The molecule has 11 heavy (non-hydrogen) atoms. The molecule has 0 atom stereocenters. The largest absolute Gasteiger partial charge is 0.513 e. The molecule has 0 aromatic carbocycles. The molecule has 0 aromatic heterocycles. The number of rotatable bonds is 2. The van der Waals surface area contributed by atoms with Crippen LogP contribution in [0.2, 0.25) is 0 Å². The van der Waals surface area contributed by atoms with Gasteiger partial charge in [-0.05, 0) is 38.9 Å². The molecule has 0 saturated carbocycles. The topological polar surface area (TPSA) is 23.5 Å². The molecule has 0 aromatic rings. The Bertz CT molecular complexity index is 136. The van der Waals surface area contributed by atoms with Gasteiger partial charge in [-0.15, -0.1) is 0 Å². The van der Waals surface area contributed by atoms with Crippen LogP contribution in [0.5, 0.6) is 0 Å². The van der Waals surface area contributed by atoms with Gasteiger partial charge in [-0.1, -0.05) is 6.58 Å². The standard InChI is InChI=1S/C9H17NO/c1-8(11)7-9-3-5-10(2)6-4-9/h9,11H,1,3-7H2,2H3. The summed E-state index contributed by atoms with van der Waals surface area (Å²) < 4.78 is 0. The first-order valence-corrected chi connectivity index (χ1v) is 4.24. The predicted octanol–water partition coefficient (Wildman–Crippen LogP) is 1.79. The first-order chi connectivity index (χ1) is 5.18. The minimum absolute atomic E-state index is 0.347. The highest BCUT2D eigenvalue weighted by molar-refractivity contribution is 4.84. The predicted molar refractivity (Wildman–Crippen MR) is 46.6 cm³/mol. The van der Waals surface area contributed by atoms with E-state index in [-0.39, 0.29) is 0 Å². The molecule has 0 bridgehead atoms. The Morgan fingerprint density at radius 2 is 2.09 bits per heavy atom. The van der Waals surface area contributed by atoms with E-state index in [1.165, 1.54) is 12.8 Å². The minimum atomic E-state index is 0.347. The molecular formula is C9H17NO. The summed E-state index contributed by atoms with van der Waals surface area (Å²) in [6, 6.07) is 0. The highest BCUT2D eigenvalue weighted by atomic mass is 16.3. The lowest BCUT2D eigenvalue weighted by atomic mass is 9.93. The molecule has 2 nitrogen and oxygen atoms in total. The number of hydrogen-bond acceptors (Lipinski definition) is 2. The second kappa shape index (κ2) is 3.77. The maximum Gasteiger partial charge on any atom is 0.0853 e. The quantitative estimate of drug-likeness (QED) is 0.614. The van der Waals surface area contributed by atoms with Gasteiger partial charge < -0.3 is 10.0 Å². The van der Waals surface area contributed by atoms with Crippen LogP contribution in [0.15, 0.2) is 12.3 Å². The summed E-state index contributed by atoms with van der Waals surface area (Å²) in [6.07, 6.45) is 3.21. The number of likely N-dealkylation sites (tertiary alicyclic amines) is 1. The number of piperidine rings is 1. The molecule has 1 rings (SSSR count). The second-order valence-corrected chi connectivity index (χ2v) is 3.52. The van der Waals surface area contributed by atoms with Crippen molar-refractivity contribution in [3.63, 3.8) is 0 Å². The van der Waals surface area contributed by atoms with Crippen LogP contribution in [0, 0.1) is 5.92 Å². The van der Waals surface area contributed by atoms with E-state index in [1.54, 1.807) is 0 Å². The van der Waals surface area contributed by atoms with Gasteiger partial charge >= 0.3 is 0 Å². The molecule has 1 heterocycles. The van der Waals surface area contributed by atoms with Gasteiger partial charge in [0.1, 0.15) is 0 Å². The molecule has 1 aliphatic rings. The fraction of sp³-hybridized carbons (Fsp3) is 0.778. The first kappa shape index (κ1) is 8.60. The Morgan fingerprint density at radius 3 is 2.55 bits per heavy atom. The summed E-state index contributed by atoms with van der Waals surface area (Å²) in [5, 5.41) is 8.96. The third kappa shape index (κ3) is 2.93. The van der Waals surface area contributed by atoms with Gasteiger partial charge in [-0.2, -0.15) is 0 Å². The molecule has 0 spiro atoms. The van der Waals surface area contributed by atoms with Gasteiger partial charge in [0.2, 0.25) is 0 Å². The molecule has 64 valence electrons. The van der Waals surface area contributed by atoms with Crippen LogP contribution in [0.4, 0.5) is 0 Å². The van der Waals surface area contributed by atoms with E-state index in [4.69, 9.17) is 5.11 Å². The minimum Gasteiger partial charge on any atom is -0.513 e. The first-order valence-electron chi connectivity index (χ1n) is 4.24. The maximum absolute atomic E-state index is 8.96. The van der Waals surface area contributed by atoms with E-state index < -0.39 is 0 Å². The Kier molecular flexibility index (Phi) is 2.94. The van der Waals surface area contributed by atoms with E-state index in [0.29, 0.717) is 11.7 Å². The summed E-state index contributed by atoms with van der Waals surface area (Å²) in [5.41, 5.74) is 0. The van der Waals surface area contributed by atoms with E-state index in [0.717, 1.165) is 19.5 Å². The van der Waals surface area contributed by atoms with Crippen molar-refractivity contribution in [2.75, 3.05) is 20.1 Å². The van der Waals surface area contributed by atoms with Gasteiger partial charge in [0.25, 0.3) is 0 Å². The van der Waals surface area contributed by atoms with Crippen LogP contribution < -0.4 is 0 Å². The van der Waals surface area contributed by atoms with Gasteiger partial charge in [0.15, 0.2) is 0 Å². The Labute approximate surface area is 68.5 Å². The fourth-order valence-corrected chi connectivity index (χ4v) is 1.60. The van der Waals surface area contributed by atoms with E-state index in [1.807, 2.05) is 0 Å². The van der Waals surface area contributed by atoms with Crippen LogP contribution in [0.3, 0.4) is 0 Å². The van der Waals surface area contributed by atoms with Gasteiger partial charge in [0, 0.05) is 6.42 Å². The summed E-state index contributed by atoms with van der Waals surface area (Å²) in [7, 11) is 2.14. The molecule has 0 radical (unpaired) electrons. The van der Waals surface area contributed by atoms with Crippen molar-refractivity contribution in [1.29, 1.82) is 0 Å². The highest BCUT2D eigenvalue weighted by Gasteiger charge is 2.16. The van der Waals surface area contributed by atoms with Crippen LogP contribution in [-0.2, 0) is 0 Å². The summed E-state index contributed by atoms with van der Waals surface area (Å²) in [4.78, 5) is 2.33. The Morgan fingerprint density at radius 1 is 1.55 bits per heavy atom. The van der Waals surface area contributed by atoms with Crippen LogP contribution in [-0.4, -0.2) is 30.1 Å². The fourth-order valence-electron chi connectivity index (χ4n) is 1.60. The van der Waals surface area contributed by atoms with Crippen molar-refractivity contribution in [3.8, 4) is 0 Å². The van der Waals surface area contributed by atoms with Crippen molar-refractivity contribution in [2.45, 2.75) is 19.3 Å². The summed E-state index contributed by atoms with van der Waals surface area (Å²) >= 11 is 0. The van der Waals surface area contributed by atoms with E-state index in [2.05, 4.69) is 18.5 Å². The van der Waals surface area contributed by atoms with Gasteiger partial charge in [-0.25, -0.2) is 0 Å². The zero-order valence-electron chi connectivity index (χ0n) is 7.21. The summed E-state index contributed by atoms with van der Waals surface area (Å²) in [5.74, 6) is 1.02. The molecule has 0 amide bonds. The third-order valence-corrected chi connectivity index (χ3v) is 2.36. The lowest BCUT2D eigenvalue weighted by Crippen LogP contribution is -2.30. The number of aliphatic hydroxyl groups excluding tert-OH is 1. The monoisotopic (exact) mass is 155 g/mol. The Balaban J connectivity index is 2.22. The molecule has 0 unspecified atom stereocenters. The van der Waals surface area contributed by atoms with E-state index >= 15 is 0 Å². The van der Waals surface area contributed by atoms with Crippen LogP contribution in [0.1, 0.15) is 19.3 Å². The molecule has 0 aliphatic carbocycles. The van der Waals surface area contributed by atoms with Crippen molar-refractivity contribution in [2.24, 2.45) is 5.92 Å². The average molecular weight is 155 g/mol. The van der Waals surface area contributed by atoms with Crippen molar-refractivity contribution in [3.05, 3.63) is 12.3 Å². The van der Waals surface area contributed by atoms with Gasteiger partial charge in [-0.3, -0.25) is 0 Å². The Hall–Kier alpha value is -0.500. The molecule has 1 fully saturated rings. The number of hydrogen-bond donors (Lipinski definition) is 1. The lowest BCUT2D eigenvalue weighted by Gasteiger charge is -2.28. The van der Waals surface area contributed by atoms with Crippen molar-refractivity contribution in [1.82, 2.24) is 4.90 Å². The SMILES string of the molecule is C=C(O)CC1CCN(C)CC1. The second-order valence-electron chi connectivity index (χ2n) is 3.52. The van der Waals surface area contributed by atoms with E-state index in [9.17, 15) is 0 Å². The molecule has 1 saturated heterocycles. The lowest BCUT2D eigenvalue weighted by molar-refractivity contribution is 0.206. The number of nitrogens with zero attached hydrogens (tertiary/aromatic N) is 1. The highest BCUT2D eigenvalue weighted by Crippen LogP contribution is 2.21. The number of allylic oxidation sites excluding steroid dienone is 1. The smallest absolute Gasteiger partial charge is 0.0853 e. The molecule has 1 aliphatic heterocycles. The van der Waals surface area contributed by atoms with Crippen LogP contribution in [0.25, 0.3) is 0 Å². The average Bonchev–Trinajstić information content (AvgIpc) is 1.93. The van der Waals surface area contributed by atoms with Crippen molar-refractivity contribution >= 4 is 0 Å². The maximum atomic E-state index is 8.96. The van der Waals surface area contributed by atoms with Gasteiger partial charge in [0.05, 0.1) is 5.76 Å². The third-order valence-electron chi connectivity index (χ3n) is 2.36. The molecule has 1 N–H and O–H groups in total. The summed E-state index contributed by atoms with van der Waals surface area (Å²) in [6.45, 7) is 5.84. The van der Waals surface area contributed by atoms with Crippen molar-refractivity contribution < 1.29 is 5.11 Å². The molecular weight excluding hydrogens is 138 g/mol. The number of aliphatic hydroxyl groups is 1.